The van der Waals surface area contributed by atoms with Crippen LogP contribution in [-0.4, -0.2) is 70.1 Å². The molecule has 0 unspecified atom stereocenters. The van der Waals surface area contributed by atoms with Gasteiger partial charge in [-0.25, -0.2) is 4.79 Å². The van der Waals surface area contributed by atoms with Gasteiger partial charge in [0.2, 0.25) is 17.7 Å². The number of H-pyrrole nitrogens is 1. The van der Waals surface area contributed by atoms with Crippen LogP contribution in [0.4, 0.5) is 4.79 Å². The van der Waals surface area contributed by atoms with Crippen LogP contribution in [0.25, 0.3) is 21.7 Å². The van der Waals surface area contributed by atoms with E-state index in [1.165, 1.54) is 0 Å². The number of alkyl carbamates (subject to hydrolysis) is 1. The van der Waals surface area contributed by atoms with E-state index >= 15 is 0 Å². The number of aromatic amines is 1. The van der Waals surface area contributed by atoms with Crippen molar-refractivity contribution in [1.29, 1.82) is 0 Å². The second-order valence-corrected chi connectivity index (χ2v) is 13.9. The minimum Gasteiger partial charge on any atom is -0.481 e. The first-order valence-corrected chi connectivity index (χ1v) is 17.5. The quantitative estimate of drug-likeness (QED) is 0.0900. The van der Waals surface area contributed by atoms with Crippen LogP contribution in [0, 0.1) is 0 Å². The number of aliphatic carboxylic acids is 1. The summed E-state index contributed by atoms with van der Waals surface area (Å²) in [4.78, 5) is 69.5. The summed E-state index contributed by atoms with van der Waals surface area (Å²) in [5.41, 5.74) is 2.44. The van der Waals surface area contributed by atoms with Crippen molar-refractivity contribution in [3.8, 4) is 0 Å². The first-order valence-electron chi connectivity index (χ1n) is 17.5. The van der Waals surface area contributed by atoms with Crippen LogP contribution in [0.5, 0.6) is 0 Å². The molecule has 0 spiro atoms. The highest BCUT2D eigenvalue weighted by Gasteiger charge is 2.32. The van der Waals surface area contributed by atoms with Crippen LogP contribution >= 0.6 is 0 Å². The van der Waals surface area contributed by atoms with E-state index in [0.717, 1.165) is 32.8 Å². The molecule has 1 aromatic heterocycles. The fourth-order valence-corrected chi connectivity index (χ4v) is 6.02. The number of nitrogens with one attached hydrogen (secondary N) is 5. The molecule has 4 aromatic carbocycles. The molecule has 0 saturated heterocycles. The average molecular weight is 720 g/mol. The van der Waals surface area contributed by atoms with Gasteiger partial charge in [-0.2, -0.15) is 0 Å². The number of carbonyl (C=O) groups excluding carboxylic acids is 4. The van der Waals surface area contributed by atoms with Crippen LogP contribution in [0.1, 0.15) is 43.9 Å². The number of hydrogen-bond acceptors (Lipinski definition) is 6. The van der Waals surface area contributed by atoms with E-state index in [1.807, 2.05) is 97.1 Å². The molecule has 3 atom stereocenters. The van der Waals surface area contributed by atoms with Gasteiger partial charge >= 0.3 is 12.1 Å². The van der Waals surface area contributed by atoms with E-state index in [2.05, 4.69) is 26.3 Å². The fraction of sp³-hybridized carbons (Fsp3) is 0.293. The maximum atomic E-state index is 14.2. The number of hydrogen-bond donors (Lipinski definition) is 6. The Balaban J connectivity index is 1.40. The lowest BCUT2D eigenvalue weighted by Gasteiger charge is -2.26. The van der Waals surface area contributed by atoms with Crippen molar-refractivity contribution in [2.24, 2.45) is 0 Å². The van der Waals surface area contributed by atoms with Gasteiger partial charge < -0.3 is 36.1 Å². The smallest absolute Gasteiger partial charge is 0.408 e. The standard InChI is InChI=1S/C41H45N5O7/c1-41(2,3)53-40(52)46-34(23-30-25-43-32-16-10-9-15-31(30)32)39(51)44-33(22-27-17-18-28-13-7-8-14-29(28)21-27)38(50)45-35(24-36(47)48)37(49)42-20-19-26-11-5-4-6-12-26/h4-18,21,25,33-35,43H,19-20,22-24H2,1-3H3,(H,42,49)(H,44,51)(H,45,50)(H,46,52)(H,47,48)/t33-,34-,35-/m0/s1. The Kier molecular flexibility index (Phi) is 12.5. The zero-order chi connectivity index (χ0) is 38.0. The van der Waals surface area contributed by atoms with Crippen molar-refractivity contribution in [2.75, 3.05) is 6.54 Å². The maximum Gasteiger partial charge on any atom is 0.408 e. The van der Waals surface area contributed by atoms with Crippen LogP contribution in [0.2, 0.25) is 0 Å². The molecule has 0 aliphatic rings. The first-order chi connectivity index (χ1) is 25.3. The maximum absolute atomic E-state index is 14.2. The first kappa shape index (κ1) is 38.1. The highest BCUT2D eigenvalue weighted by atomic mass is 16.6. The Morgan fingerprint density at radius 1 is 0.698 bits per heavy atom. The van der Waals surface area contributed by atoms with Gasteiger partial charge in [0, 0.05) is 36.5 Å². The Labute approximate surface area is 307 Å². The van der Waals surface area contributed by atoms with E-state index in [1.54, 1.807) is 27.0 Å². The van der Waals surface area contributed by atoms with Gasteiger partial charge in [0.05, 0.1) is 6.42 Å². The van der Waals surface area contributed by atoms with Crippen molar-refractivity contribution in [3.05, 3.63) is 120 Å². The lowest BCUT2D eigenvalue weighted by Crippen LogP contribution is -2.58. The molecule has 276 valence electrons. The molecule has 0 aliphatic heterocycles. The van der Waals surface area contributed by atoms with Crippen molar-refractivity contribution in [2.45, 2.75) is 70.2 Å². The topological polar surface area (TPSA) is 179 Å². The lowest BCUT2D eigenvalue weighted by molar-refractivity contribution is -0.141. The van der Waals surface area contributed by atoms with Gasteiger partial charge in [0.15, 0.2) is 0 Å². The predicted molar refractivity (Wildman–Crippen MR) is 202 cm³/mol. The number of fused-ring (bicyclic) bond motifs is 2. The van der Waals surface area contributed by atoms with Crippen molar-refractivity contribution in [3.63, 3.8) is 0 Å². The molecule has 0 radical (unpaired) electrons. The highest BCUT2D eigenvalue weighted by Crippen LogP contribution is 2.21. The number of benzene rings is 4. The van der Waals surface area contributed by atoms with Crippen LogP contribution in [0.15, 0.2) is 103 Å². The van der Waals surface area contributed by atoms with Crippen molar-refractivity contribution < 1.29 is 33.8 Å². The third-order valence-electron chi connectivity index (χ3n) is 8.56. The molecule has 0 fully saturated rings. The molecule has 12 heteroatoms. The Hall–Kier alpha value is -6.17. The Morgan fingerprint density at radius 3 is 2.06 bits per heavy atom. The third-order valence-corrected chi connectivity index (χ3v) is 8.56. The summed E-state index contributed by atoms with van der Waals surface area (Å²) in [7, 11) is 0. The molecule has 0 aliphatic carbocycles. The van der Waals surface area contributed by atoms with Gasteiger partial charge in [0.25, 0.3) is 0 Å². The summed E-state index contributed by atoms with van der Waals surface area (Å²) in [6.07, 6.45) is 0.830. The van der Waals surface area contributed by atoms with Gasteiger partial charge in [-0.05, 0) is 60.7 Å². The second kappa shape index (κ2) is 17.4. The molecule has 5 rings (SSSR count). The minimum atomic E-state index is -1.42. The van der Waals surface area contributed by atoms with E-state index < -0.39 is 59.9 Å². The molecule has 1 heterocycles. The second-order valence-electron chi connectivity index (χ2n) is 13.9. The summed E-state index contributed by atoms with van der Waals surface area (Å²) in [5, 5.41) is 23.2. The lowest BCUT2D eigenvalue weighted by atomic mass is 9.99. The zero-order valence-electron chi connectivity index (χ0n) is 30.0. The minimum absolute atomic E-state index is 0.00404. The third kappa shape index (κ3) is 11.2. The van der Waals surface area contributed by atoms with Crippen LogP contribution in [-0.2, 0) is 43.2 Å². The number of rotatable bonds is 15. The molecule has 12 nitrogen and oxygen atoms in total. The molecule has 0 bridgehead atoms. The van der Waals surface area contributed by atoms with Crippen molar-refractivity contribution >= 4 is 51.5 Å². The van der Waals surface area contributed by atoms with E-state index in [9.17, 15) is 29.1 Å². The summed E-state index contributed by atoms with van der Waals surface area (Å²) in [5.74, 6) is -3.40. The van der Waals surface area contributed by atoms with Gasteiger partial charge in [0.1, 0.15) is 23.7 Å². The number of carboxylic acids is 1. The van der Waals surface area contributed by atoms with Gasteiger partial charge in [-0.3, -0.25) is 19.2 Å². The molecule has 4 amide bonds. The largest absolute Gasteiger partial charge is 0.481 e. The molecule has 53 heavy (non-hydrogen) atoms. The number of para-hydroxylation sites is 1. The van der Waals surface area contributed by atoms with E-state index in [-0.39, 0.29) is 19.4 Å². The monoisotopic (exact) mass is 719 g/mol. The number of carbonyl (C=O) groups is 5. The summed E-state index contributed by atoms with van der Waals surface area (Å²) in [6.45, 7) is 5.34. The van der Waals surface area contributed by atoms with Gasteiger partial charge in [-0.15, -0.1) is 0 Å². The number of amides is 4. The fourth-order valence-electron chi connectivity index (χ4n) is 6.02. The predicted octanol–water partition coefficient (Wildman–Crippen LogP) is 4.80. The van der Waals surface area contributed by atoms with Crippen LogP contribution < -0.4 is 21.3 Å². The highest BCUT2D eigenvalue weighted by molar-refractivity contribution is 5.96. The summed E-state index contributed by atoms with van der Waals surface area (Å²) < 4.78 is 5.47. The molecular formula is C41H45N5O7. The Morgan fingerprint density at radius 2 is 1.34 bits per heavy atom. The zero-order valence-corrected chi connectivity index (χ0v) is 30.0. The summed E-state index contributed by atoms with van der Waals surface area (Å²) in [6, 6.07) is 26.5. The summed E-state index contributed by atoms with van der Waals surface area (Å²) >= 11 is 0. The molecule has 6 N–H and O–H groups in total. The normalized spacial score (nSPS) is 13.0. The van der Waals surface area contributed by atoms with E-state index in [4.69, 9.17) is 4.74 Å². The number of ether oxygens (including phenoxy) is 1. The molecular weight excluding hydrogens is 674 g/mol. The Bertz CT molecular complexity index is 2070. The van der Waals surface area contributed by atoms with Gasteiger partial charge in [-0.1, -0.05) is 91.0 Å². The number of carboxylic acid groups (broad SMARTS) is 1. The SMILES string of the molecule is CC(C)(C)OC(=O)N[C@@H](Cc1c[nH]c2ccccc12)C(=O)N[C@@H](Cc1ccc2ccccc2c1)C(=O)N[C@@H](CC(=O)O)C(=O)NCCc1ccccc1. The molecule has 0 saturated carbocycles. The number of aromatic nitrogens is 1. The molecule has 5 aromatic rings. The van der Waals surface area contributed by atoms with Crippen LogP contribution in [0.3, 0.4) is 0 Å². The average Bonchev–Trinajstić information content (AvgIpc) is 3.52. The van der Waals surface area contributed by atoms with Crippen molar-refractivity contribution in [1.82, 2.24) is 26.3 Å². The van der Waals surface area contributed by atoms with E-state index in [0.29, 0.717) is 12.0 Å².